The Morgan fingerprint density at radius 1 is 1.62 bits per heavy atom. The Bertz CT molecular complexity index is 432. The lowest BCUT2D eigenvalue weighted by molar-refractivity contribution is -0.384. The van der Waals surface area contributed by atoms with Crippen LogP contribution in [0.3, 0.4) is 0 Å². The summed E-state index contributed by atoms with van der Waals surface area (Å²) >= 11 is 3.25. The third-order valence-electron chi connectivity index (χ3n) is 1.80. The monoisotopic (exact) mass is 286 g/mol. The van der Waals surface area contributed by atoms with Crippen molar-refractivity contribution in [3.63, 3.8) is 0 Å². The predicted octanol–water partition coefficient (Wildman–Crippen LogP) is 3.10. The number of methoxy groups -OCH3 is 1. The van der Waals surface area contributed by atoms with E-state index in [4.69, 9.17) is 4.74 Å². The van der Waals surface area contributed by atoms with Gasteiger partial charge in [-0.25, -0.2) is 4.99 Å². The molecule has 0 aliphatic carbocycles. The molecule has 0 unspecified atom stereocenters. The van der Waals surface area contributed by atoms with Crippen LogP contribution in [0.4, 0.5) is 11.4 Å². The fourth-order valence-electron chi connectivity index (χ4n) is 1.19. The molecule has 1 rings (SSSR count). The van der Waals surface area contributed by atoms with Gasteiger partial charge in [0, 0.05) is 23.4 Å². The molecule has 1 aromatic carbocycles. The molecule has 0 amide bonds. The number of aliphatic imine (C=N–C) groups is 1. The molecular weight excluding hydrogens is 276 g/mol. The van der Waals surface area contributed by atoms with Gasteiger partial charge in [0.05, 0.1) is 11.5 Å². The number of nitro benzene ring substituents is 1. The van der Waals surface area contributed by atoms with Crippen LogP contribution in [0.5, 0.6) is 0 Å². The van der Waals surface area contributed by atoms with Crippen LogP contribution < -0.4 is 0 Å². The van der Waals surface area contributed by atoms with Crippen LogP contribution in [0.1, 0.15) is 6.92 Å². The predicted molar refractivity (Wildman–Crippen MR) is 65.4 cm³/mol. The van der Waals surface area contributed by atoms with E-state index >= 15 is 0 Å². The molecule has 86 valence electrons. The third-order valence-corrected chi connectivity index (χ3v) is 2.29. The summed E-state index contributed by atoms with van der Waals surface area (Å²) in [5.41, 5.74) is 0.997. The van der Waals surface area contributed by atoms with E-state index in [0.717, 1.165) is 4.47 Å². The summed E-state index contributed by atoms with van der Waals surface area (Å²) in [5.74, 6) is 0. The van der Waals surface area contributed by atoms with E-state index in [-0.39, 0.29) is 5.69 Å². The fraction of sp³-hybridized carbons (Fsp3) is 0.300. The molecule has 0 heterocycles. The van der Waals surface area contributed by atoms with Gasteiger partial charge in [0.1, 0.15) is 5.69 Å². The largest absolute Gasteiger partial charge is 0.379 e. The van der Waals surface area contributed by atoms with Crippen LogP contribution in [0.2, 0.25) is 0 Å². The summed E-state index contributed by atoms with van der Waals surface area (Å²) in [5, 5.41) is 10.8. The minimum atomic E-state index is -0.453. The lowest BCUT2D eigenvalue weighted by Crippen LogP contribution is -2.01. The number of ether oxygens (including phenoxy) is 1. The van der Waals surface area contributed by atoms with Gasteiger partial charge in [0.2, 0.25) is 0 Å². The highest BCUT2D eigenvalue weighted by Gasteiger charge is 2.13. The van der Waals surface area contributed by atoms with E-state index in [2.05, 4.69) is 20.9 Å². The highest BCUT2D eigenvalue weighted by molar-refractivity contribution is 9.10. The summed E-state index contributed by atoms with van der Waals surface area (Å²) in [6.07, 6.45) is 0. The number of hydrogen-bond donors (Lipinski definition) is 0. The Morgan fingerprint density at radius 2 is 2.31 bits per heavy atom. The van der Waals surface area contributed by atoms with E-state index in [9.17, 15) is 10.1 Å². The second kappa shape index (κ2) is 5.72. The summed E-state index contributed by atoms with van der Waals surface area (Å²) < 4.78 is 5.65. The molecule has 0 N–H and O–H groups in total. The standard InChI is InChI=1S/C10H11BrN2O3/c1-7(6-16-2)12-9-5-8(11)3-4-10(9)13(14)15/h3-5H,6H2,1-2H3. The average Bonchev–Trinajstić information content (AvgIpc) is 2.17. The van der Waals surface area contributed by atoms with E-state index in [1.807, 2.05) is 0 Å². The van der Waals surface area contributed by atoms with E-state index in [0.29, 0.717) is 18.0 Å². The van der Waals surface area contributed by atoms with Gasteiger partial charge in [-0.15, -0.1) is 0 Å². The summed E-state index contributed by atoms with van der Waals surface area (Å²) in [6.45, 7) is 2.11. The Kier molecular flexibility index (Phi) is 4.57. The Balaban J connectivity index is 3.15. The number of nitro groups is 1. The highest BCUT2D eigenvalue weighted by atomic mass is 79.9. The first kappa shape index (κ1) is 12.8. The van der Waals surface area contributed by atoms with Crippen molar-refractivity contribution < 1.29 is 9.66 Å². The van der Waals surface area contributed by atoms with Crippen molar-refractivity contribution >= 4 is 33.0 Å². The summed E-state index contributed by atoms with van der Waals surface area (Å²) in [7, 11) is 1.55. The zero-order valence-corrected chi connectivity index (χ0v) is 10.5. The second-order valence-corrected chi connectivity index (χ2v) is 4.09. The molecule has 0 aliphatic rings. The number of hydrogen-bond acceptors (Lipinski definition) is 4. The van der Waals surface area contributed by atoms with Crippen LogP contribution in [-0.2, 0) is 4.74 Å². The van der Waals surface area contributed by atoms with Gasteiger partial charge >= 0.3 is 0 Å². The topological polar surface area (TPSA) is 64.7 Å². The van der Waals surface area contributed by atoms with Crippen LogP contribution in [-0.4, -0.2) is 24.4 Å². The van der Waals surface area contributed by atoms with Crippen LogP contribution >= 0.6 is 15.9 Å². The van der Waals surface area contributed by atoms with Gasteiger partial charge < -0.3 is 4.74 Å². The van der Waals surface area contributed by atoms with Crippen molar-refractivity contribution in [2.45, 2.75) is 6.92 Å². The average molecular weight is 287 g/mol. The third kappa shape index (κ3) is 3.39. The molecule has 0 radical (unpaired) electrons. The maximum absolute atomic E-state index is 10.8. The molecule has 0 atom stereocenters. The lowest BCUT2D eigenvalue weighted by atomic mass is 10.2. The number of nitrogens with zero attached hydrogens (tertiary/aromatic N) is 2. The van der Waals surface area contributed by atoms with Crippen LogP contribution in [0, 0.1) is 10.1 Å². The molecule has 16 heavy (non-hydrogen) atoms. The number of benzene rings is 1. The van der Waals surface area contributed by atoms with Crippen molar-refractivity contribution in [3.05, 3.63) is 32.8 Å². The van der Waals surface area contributed by atoms with Gasteiger partial charge in [0.15, 0.2) is 0 Å². The van der Waals surface area contributed by atoms with Crippen LogP contribution in [0.15, 0.2) is 27.7 Å². The van der Waals surface area contributed by atoms with Crippen molar-refractivity contribution in [1.82, 2.24) is 0 Å². The molecule has 0 saturated heterocycles. The van der Waals surface area contributed by atoms with Crippen LogP contribution in [0.25, 0.3) is 0 Å². The molecule has 0 aliphatic heterocycles. The van der Waals surface area contributed by atoms with Gasteiger partial charge in [-0.05, 0) is 19.1 Å². The molecule has 0 spiro atoms. The van der Waals surface area contributed by atoms with Gasteiger partial charge in [-0.3, -0.25) is 10.1 Å². The normalized spacial score (nSPS) is 11.6. The first-order valence-corrected chi connectivity index (χ1v) is 5.31. The van der Waals surface area contributed by atoms with Gasteiger partial charge in [-0.2, -0.15) is 0 Å². The molecule has 0 saturated carbocycles. The van der Waals surface area contributed by atoms with Crippen molar-refractivity contribution in [2.24, 2.45) is 4.99 Å². The molecular formula is C10H11BrN2O3. The molecule has 0 fully saturated rings. The van der Waals surface area contributed by atoms with E-state index in [1.165, 1.54) is 6.07 Å². The lowest BCUT2D eigenvalue weighted by Gasteiger charge is -2.01. The first-order valence-electron chi connectivity index (χ1n) is 4.51. The van der Waals surface area contributed by atoms with Gasteiger partial charge in [-0.1, -0.05) is 15.9 Å². The molecule has 0 aromatic heterocycles. The molecule has 5 nitrogen and oxygen atoms in total. The zero-order chi connectivity index (χ0) is 12.1. The SMILES string of the molecule is COCC(C)=Nc1cc(Br)ccc1[N+](=O)[O-]. The molecule has 0 bridgehead atoms. The second-order valence-electron chi connectivity index (χ2n) is 3.17. The van der Waals surface area contributed by atoms with Crippen molar-refractivity contribution in [2.75, 3.05) is 13.7 Å². The Morgan fingerprint density at radius 3 is 2.88 bits per heavy atom. The minimum absolute atomic E-state index is 0.0151. The summed E-state index contributed by atoms with van der Waals surface area (Å²) in [6, 6.07) is 4.64. The Labute approximate surface area is 101 Å². The zero-order valence-electron chi connectivity index (χ0n) is 8.94. The molecule has 6 heteroatoms. The Hall–Kier alpha value is -1.27. The fourth-order valence-corrected chi connectivity index (χ4v) is 1.54. The number of rotatable bonds is 4. The van der Waals surface area contributed by atoms with E-state index in [1.54, 1.807) is 26.2 Å². The smallest absolute Gasteiger partial charge is 0.294 e. The maximum Gasteiger partial charge on any atom is 0.294 e. The molecule has 1 aromatic rings. The van der Waals surface area contributed by atoms with E-state index < -0.39 is 4.92 Å². The van der Waals surface area contributed by atoms with Crippen molar-refractivity contribution in [1.29, 1.82) is 0 Å². The number of halogens is 1. The highest BCUT2D eigenvalue weighted by Crippen LogP contribution is 2.30. The maximum atomic E-state index is 10.8. The van der Waals surface area contributed by atoms with Gasteiger partial charge in [0.25, 0.3) is 5.69 Å². The van der Waals surface area contributed by atoms with Crippen molar-refractivity contribution in [3.8, 4) is 0 Å². The minimum Gasteiger partial charge on any atom is -0.379 e. The first-order chi connectivity index (χ1) is 7.54. The summed E-state index contributed by atoms with van der Waals surface area (Å²) in [4.78, 5) is 14.5. The quantitative estimate of drug-likeness (QED) is 0.485.